The fourth-order valence-corrected chi connectivity index (χ4v) is 3.55. The topological polar surface area (TPSA) is 70.6 Å². The fraction of sp³-hybridized carbons (Fsp3) is 0.160. The molecule has 0 atom stereocenters. The molecule has 1 aliphatic heterocycles. The summed E-state index contributed by atoms with van der Waals surface area (Å²) in [6, 6.07) is 25.6. The van der Waals surface area contributed by atoms with Gasteiger partial charge in [-0.1, -0.05) is 72.8 Å². The van der Waals surface area contributed by atoms with Gasteiger partial charge in [-0.3, -0.25) is 9.59 Å². The number of anilines is 1. The Labute approximate surface area is 175 Å². The second-order valence-electron chi connectivity index (χ2n) is 7.30. The lowest BCUT2D eigenvalue weighted by atomic mass is 10.0. The Morgan fingerprint density at radius 1 is 0.933 bits per heavy atom. The predicted octanol–water partition coefficient (Wildman–Crippen LogP) is 4.07. The highest BCUT2D eigenvalue weighted by molar-refractivity contribution is 6.13. The smallest absolute Gasteiger partial charge is 0.240 e. The Morgan fingerprint density at radius 3 is 2.27 bits per heavy atom. The molecule has 1 aliphatic rings. The second kappa shape index (κ2) is 9.18. The van der Waals surface area contributed by atoms with E-state index in [-0.39, 0.29) is 11.8 Å². The summed E-state index contributed by atoms with van der Waals surface area (Å²) >= 11 is 0. The number of hydrazone groups is 1. The summed E-state index contributed by atoms with van der Waals surface area (Å²) < 4.78 is 0. The summed E-state index contributed by atoms with van der Waals surface area (Å²) in [6.45, 7) is 0. The minimum absolute atomic E-state index is 0.0343. The van der Waals surface area contributed by atoms with Crippen molar-refractivity contribution in [3.63, 3.8) is 0 Å². The van der Waals surface area contributed by atoms with E-state index in [2.05, 4.69) is 15.8 Å². The van der Waals surface area contributed by atoms with E-state index < -0.39 is 0 Å². The highest BCUT2D eigenvalue weighted by Gasteiger charge is 2.17. The number of carbonyl (C=O) groups is 2. The van der Waals surface area contributed by atoms with Crippen LogP contribution in [0.4, 0.5) is 5.69 Å². The van der Waals surface area contributed by atoms with E-state index in [1.165, 1.54) is 0 Å². The third kappa shape index (κ3) is 4.81. The highest BCUT2D eigenvalue weighted by atomic mass is 16.2. The van der Waals surface area contributed by atoms with E-state index in [1.54, 1.807) is 0 Å². The van der Waals surface area contributed by atoms with Gasteiger partial charge >= 0.3 is 0 Å². The Morgan fingerprint density at radius 2 is 1.60 bits per heavy atom. The minimum Gasteiger partial charge on any atom is -0.326 e. The zero-order valence-corrected chi connectivity index (χ0v) is 16.6. The zero-order chi connectivity index (χ0) is 20.8. The molecule has 5 heteroatoms. The lowest BCUT2D eigenvalue weighted by Gasteiger charge is -2.08. The lowest BCUT2D eigenvalue weighted by Crippen LogP contribution is -2.20. The van der Waals surface area contributed by atoms with Crippen LogP contribution in [-0.4, -0.2) is 17.5 Å². The first-order valence-electron chi connectivity index (χ1n) is 10.1. The number of amides is 2. The first kappa shape index (κ1) is 19.6. The zero-order valence-electron chi connectivity index (χ0n) is 16.6. The van der Waals surface area contributed by atoms with E-state index in [9.17, 15) is 9.59 Å². The van der Waals surface area contributed by atoms with Crippen LogP contribution in [-0.2, 0) is 22.4 Å². The van der Waals surface area contributed by atoms with Gasteiger partial charge in [0.15, 0.2) is 0 Å². The van der Waals surface area contributed by atoms with Crippen LogP contribution in [0, 0.1) is 0 Å². The van der Waals surface area contributed by atoms with Crippen molar-refractivity contribution < 1.29 is 9.59 Å². The van der Waals surface area contributed by atoms with Crippen LogP contribution >= 0.6 is 0 Å². The first-order valence-corrected chi connectivity index (χ1v) is 10.1. The maximum absolute atomic E-state index is 12.4. The molecule has 4 rings (SSSR count). The lowest BCUT2D eigenvalue weighted by molar-refractivity contribution is -0.121. The summed E-state index contributed by atoms with van der Waals surface area (Å²) in [7, 11) is 0. The average Bonchev–Trinajstić information content (AvgIpc) is 3.15. The summed E-state index contributed by atoms with van der Waals surface area (Å²) in [5.74, 6) is -0.0793. The van der Waals surface area contributed by atoms with Gasteiger partial charge in [-0.2, -0.15) is 5.10 Å². The first-order chi connectivity index (χ1) is 14.7. The number of aryl methyl sites for hydroxylation is 1. The molecule has 0 aromatic heterocycles. The molecule has 0 unspecified atom stereocenters. The van der Waals surface area contributed by atoms with Crippen molar-refractivity contribution in [2.45, 2.75) is 25.7 Å². The number of nitrogens with one attached hydrogen (secondary N) is 2. The van der Waals surface area contributed by atoms with Gasteiger partial charge in [0, 0.05) is 23.2 Å². The molecule has 5 nitrogen and oxygen atoms in total. The number of hydrogen-bond acceptors (Lipinski definition) is 3. The average molecular weight is 397 g/mol. The van der Waals surface area contributed by atoms with Crippen LogP contribution in [0.5, 0.6) is 0 Å². The number of carbonyl (C=O) groups excluding carboxylic acids is 2. The van der Waals surface area contributed by atoms with Crippen LogP contribution in [0.1, 0.15) is 35.1 Å². The van der Waals surface area contributed by atoms with Crippen molar-refractivity contribution >= 4 is 23.2 Å². The van der Waals surface area contributed by atoms with Crippen molar-refractivity contribution in [2.24, 2.45) is 5.10 Å². The van der Waals surface area contributed by atoms with Crippen molar-refractivity contribution in [3.05, 3.63) is 101 Å². The van der Waals surface area contributed by atoms with Gasteiger partial charge in [0.25, 0.3) is 0 Å². The predicted molar refractivity (Wildman–Crippen MR) is 118 cm³/mol. The van der Waals surface area contributed by atoms with Gasteiger partial charge in [0.2, 0.25) is 11.8 Å². The Bertz CT molecular complexity index is 1030. The van der Waals surface area contributed by atoms with Crippen LogP contribution in [0.2, 0.25) is 0 Å². The normalized spacial score (nSPS) is 12.1. The monoisotopic (exact) mass is 397 g/mol. The van der Waals surface area contributed by atoms with E-state index in [1.807, 2.05) is 78.9 Å². The molecule has 2 N–H and O–H groups in total. The van der Waals surface area contributed by atoms with E-state index >= 15 is 0 Å². The summed E-state index contributed by atoms with van der Waals surface area (Å²) in [5.41, 5.74) is 8.40. The van der Waals surface area contributed by atoms with E-state index in [4.69, 9.17) is 0 Å². The summed E-state index contributed by atoms with van der Waals surface area (Å²) in [5, 5.41) is 7.25. The molecule has 30 heavy (non-hydrogen) atoms. The van der Waals surface area contributed by atoms with Crippen molar-refractivity contribution in [1.82, 2.24) is 5.43 Å². The third-order valence-electron chi connectivity index (χ3n) is 5.05. The largest absolute Gasteiger partial charge is 0.326 e. The molecule has 0 spiro atoms. The number of rotatable bonds is 7. The van der Waals surface area contributed by atoms with Crippen LogP contribution < -0.4 is 10.7 Å². The number of hydrogen-bond donors (Lipinski definition) is 2. The second-order valence-corrected chi connectivity index (χ2v) is 7.30. The SMILES string of the molecule is O=C(CCCc1ccc2c(c1)CC(=O)N2)NN=C(c1ccccc1)c1ccccc1. The number of nitrogens with zero attached hydrogens (tertiary/aromatic N) is 1. The molecule has 1 heterocycles. The molecule has 0 saturated carbocycles. The van der Waals surface area contributed by atoms with Gasteiger partial charge in [-0.15, -0.1) is 0 Å². The Kier molecular flexibility index (Phi) is 5.99. The third-order valence-corrected chi connectivity index (χ3v) is 5.05. The molecule has 0 bridgehead atoms. The Hall–Kier alpha value is -3.73. The molecule has 3 aromatic carbocycles. The molecule has 0 aliphatic carbocycles. The van der Waals surface area contributed by atoms with Crippen molar-refractivity contribution in [1.29, 1.82) is 0 Å². The van der Waals surface area contributed by atoms with E-state index in [0.29, 0.717) is 19.3 Å². The molecule has 0 radical (unpaired) electrons. The fourth-order valence-electron chi connectivity index (χ4n) is 3.55. The molecular weight excluding hydrogens is 374 g/mol. The quantitative estimate of drug-likeness (QED) is 0.466. The molecular formula is C25H23N3O2. The maximum Gasteiger partial charge on any atom is 0.240 e. The highest BCUT2D eigenvalue weighted by Crippen LogP contribution is 2.24. The number of benzene rings is 3. The summed E-state index contributed by atoms with van der Waals surface area (Å²) in [6.07, 6.45) is 2.31. The van der Waals surface area contributed by atoms with E-state index in [0.717, 1.165) is 40.1 Å². The van der Waals surface area contributed by atoms with Gasteiger partial charge in [-0.25, -0.2) is 5.43 Å². The maximum atomic E-state index is 12.4. The van der Waals surface area contributed by atoms with Gasteiger partial charge in [0.05, 0.1) is 12.1 Å². The van der Waals surface area contributed by atoms with Gasteiger partial charge < -0.3 is 5.32 Å². The van der Waals surface area contributed by atoms with Crippen LogP contribution in [0.25, 0.3) is 0 Å². The standard InChI is InChI=1S/C25H23N3O2/c29-23(13-7-8-18-14-15-22-21(16-18)17-24(30)26-22)27-28-25(19-9-3-1-4-10-19)20-11-5-2-6-12-20/h1-6,9-12,14-16H,7-8,13,17H2,(H,26,30)(H,27,29). The molecule has 0 fully saturated rings. The molecule has 3 aromatic rings. The Balaban J connectivity index is 1.36. The van der Waals surface area contributed by atoms with Gasteiger partial charge in [0.1, 0.15) is 0 Å². The van der Waals surface area contributed by atoms with Gasteiger partial charge in [-0.05, 0) is 30.0 Å². The minimum atomic E-state index is -0.114. The van der Waals surface area contributed by atoms with Crippen LogP contribution in [0.15, 0.2) is 84.0 Å². The van der Waals surface area contributed by atoms with Crippen molar-refractivity contribution in [3.8, 4) is 0 Å². The molecule has 2 amide bonds. The molecule has 0 saturated heterocycles. The molecule has 150 valence electrons. The van der Waals surface area contributed by atoms with Crippen LogP contribution in [0.3, 0.4) is 0 Å². The number of fused-ring (bicyclic) bond motifs is 1. The summed E-state index contributed by atoms with van der Waals surface area (Å²) in [4.78, 5) is 23.8. The van der Waals surface area contributed by atoms with Crippen molar-refractivity contribution in [2.75, 3.05) is 5.32 Å².